The maximum absolute atomic E-state index is 11.7. The molecule has 0 radical (unpaired) electrons. The third-order valence-corrected chi connectivity index (χ3v) is 2.62. The lowest BCUT2D eigenvalue weighted by atomic mass is 10.1. The lowest BCUT2D eigenvalue weighted by Gasteiger charge is -2.09. The number of anilines is 1. The third kappa shape index (κ3) is 5.38. The number of rotatable bonds is 6. The van der Waals surface area contributed by atoms with Crippen LogP contribution in [0.15, 0.2) is 18.2 Å². The van der Waals surface area contributed by atoms with Crippen molar-refractivity contribution in [2.45, 2.75) is 13.8 Å². The number of ether oxygens (including phenoxy) is 1. The highest BCUT2D eigenvalue weighted by atomic mass is 16.5. The number of benzene rings is 1. The lowest BCUT2D eigenvalue weighted by molar-refractivity contribution is -0.136. The summed E-state index contributed by atoms with van der Waals surface area (Å²) in [5.74, 6) is -1.42. The van der Waals surface area contributed by atoms with Gasteiger partial charge in [0.2, 0.25) is 0 Å². The van der Waals surface area contributed by atoms with Gasteiger partial charge in [0.1, 0.15) is 0 Å². The molecule has 110 valence electrons. The Balaban J connectivity index is 2.41. The quantitative estimate of drug-likeness (QED) is 0.519. The van der Waals surface area contributed by atoms with Crippen molar-refractivity contribution in [3.63, 3.8) is 0 Å². The summed E-state index contributed by atoms with van der Waals surface area (Å²) in [6.45, 7) is 4.39. The Labute approximate surface area is 118 Å². The van der Waals surface area contributed by atoms with Crippen molar-refractivity contribution >= 4 is 17.5 Å². The smallest absolute Gasteiger partial charge is 0.313 e. The number of aryl methyl sites for hydroxylation is 2. The van der Waals surface area contributed by atoms with Gasteiger partial charge in [0.25, 0.3) is 0 Å². The standard InChI is InChI=1S/C14H20N2O4/c1-10-3-4-11(2)12(9-10)16-14(19)13(18)15-5-7-20-8-6-17/h3-4,9,17H,5-8H2,1-2H3,(H,15,18)(H,16,19). The summed E-state index contributed by atoms with van der Waals surface area (Å²) >= 11 is 0. The Kier molecular flexibility index (Phi) is 6.69. The number of amides is 2. The van der Waals surface area contributed by atoms with Gasteiger partial charge in [-0.25, -0.2) is 0 Å². The molecular weight excluding hydrogens is 260 g/mol. The Hall–Kier alpha value is -1.92. The van der Waals surface area contributed by atoms with E-state index in [2.05, 4.69) is 10.6 Å². The first-order valence-corrected chi connectivity index (χ1v) is 6.39. The SMILES string of the molecule is Cc1ccc(C)c(NC(=O)C(=O)NCCOCCO)c1. The fourth-order valence-corrected chi connectivity index (χ4v) is 1.53. The number of carbonyl (C=O) groups is 2. The van der Waals surface area contributed by atoms with Crippen molar-refractivity contribution in [1.82, 2.24) is 5.32 Å². The summed E-state index contributed by atoms with van der Waals surface area (Å²) in [5, 5.41) is 13.5. The Morgan fingerprint density at radius 2 is 1.95 bits per heavy atom. The molecule has 0 fully saturated rings. The van der Waals surface area contributed by atoms with Crippen molar-refractivity contribution in [2.75, 3.05) is 31.7 Å². The van der Waals surface area contributed by atoms with Gasteiger partial charge in [-0.05, 0) is 31.0 Å². The maximum Gasteiger partial charge on any atom is 0.313 e. The summed E-state index contributed by atoms with van der Waals surface area (Å²) < 4.78 is 4.97. The molecule has 0 saturated heterocycles. The Bertz CT molecular complexity index is 474. The highest BCUT2D eigenvalue weighted by molar-refractivity contribution is 6.39. The van der Waals surface area contributed by atoms with Crippen LogP contribution >= 0.6 is 0 Å². The molecule has 0 spiro atoms. The molecule has 0 saturated carbocycles. The molecule has 1 rings (SSSR count). The van der Waals surface area contributed by atoms with Crippen LogP contribution in [0.2, 0.25) is 0 Å². The minimum absolute atomic E-state index is 0.0684. The number of aliphatic hydroxyl groups excluding tert-OH is 1. The summed E-state index contributed by atoms with van der Waals surface area (Å²) in [5.41, 5.74) is 2.52. The second-order valence-electron chi connectivity index (χ2n) is 4.36. The molecule has 6 nitrogen and oxygen atoms in total. The van der Waals surface area contributed by atoms with Crippen LogP contribution in [-0.2, 0) is 14.3 Å². The molecule has 6 heteroatoms. The largest absolute Gasteiger partial charge is 0.394 e. The van der Waals surface area contributed by atoms with Crippen LogP contribution in [0.4, 0.5) is 5.69 Å². The van der Waals surface area contributed by atoms with E-state index in [4.69, 9.17) is 9.84 Å². The molecule has 3 N–H and O–H groups in total. The molecule has 0 unspecified atom stereocenters. The molecule has 1 aromatic carbocycles. The van der Waals surface area contributed by atoms with E-state index in [-0.39, 0.29) is 26.4 Å². The first kappa shape index (κ1) is 16.1. The predicted octanol–water partition coefficient (Wildman–Crippen LogP) is 0.367. The monoisotopic (exact) mass is 280 g/mol. The summed E-state index contributed by atoms with van der Waals surface area (Å²) in [6.07, 6.45) is 0. The van der Waals surface area contributed by atoms with Crippen LogP contribution in [0.25, 0.3) is 0 Å². The lowest BCUT2D eigenvalue weighted by Crippen LogP contribution is -2.37. The van der Waals surface area contributed by atoms with E-state index < -0.39 is 11.8 Å². The molecule has 0 heterocycles. The predicted molar refractivity (Wildman–Crippen MR) is 75.5 cm³/mol. The van der Waals surface area contributed by atoms with Gasteiger partial charge < -0.3 is 20.5 Å². The van der Waals surface area contributed by atoms with E-state index in [1.807, 2.05) is 32.0 Å². The molecule has 0 aliphatic heterocycles. The van der Waals surface area contributed by atoms with Crippen LogP contribution in [-0.4, -0.2) is 43.3 Å². The van der Waals surface area contributed by atoms with Crippen molar-refractivity contribution < 1.29 is 19.4 Å². The highest BCUT2D eigenvalue weighted by Gasteiger charge is 2.13. The minimum atomic E-state index is -0.710. The zero-order chi connectivity index (χ0) is 15.0. The van der Waals surface area contributed by atoms with Gasteiger partial charge in [0, 0.05) is 12.2 Å². The zero-order valence-electron chi connectivity index (χ0n) is 11.7. The van der Waals surface area contributed by atoms with Gasteiger partial charge in [-0.15, -0.1) is 0 Å². The van der Waals surface area contributed by atoms with Gasteiger partial charge >= 0.3 is 11.8 Å². The topological polar surface area (TPSA) is 87.7 Å². The van der Waals surface area contributed by atoms with Gasteiger partial charge in [-0.3, -0.25) is 9.59 Å². The minimum Gasteiger partial charge on any atom is -0.394 e. The van der Waals surface area contributed by atoms with Crippen LogP contribution in [0.5, 0.6) is 0 Å². The molecule has 0 bridgehead atoms. The molecule has 2 amide bonds. The third-order valence-electron chi connectivity index (χ3n) is 2.62. The number of aliphatic hydroxyl groups is 1. The normalized spacial score (nSPS) is 10.2. The number of hydrogen-bond donors (Lipinski definition) is 3. The van der Waals surface area contributed by atoms with Gasteiger partial charge in [0.15, 0.2) is 0 Å². The zero-order valence-corrected chi connectivity index (χ0v) is 11.7. The van der Waals surface area contributed by atoms with Crippen LogP contribution in [0.3, 0.4) is 0 Å². The number of carbonyl (C=O) groups excluding carboxylic acids is 2. The summed E-state index contributed by atoms with van der Waals surface area (Å²) in [7, 11) is 0. The number of hydrogen-bond acceptors (Lipinski definition) is 4. The van der Waals surface area contributed by atoms with Gasteiger partial charge in [-0.1, -0.05) is 12.1 Å². The van der Waals surface area contributed by atoms with E-state index >= 15 is 0 Å². The Morgan fingerprint density at radius 1 is 1.20 bits per heavy atom. The molecule has 0 aliphatic rings. The van der Waals surface area contributed by atoms with E-state index in [1.54, 1.807) is 0 Å². The average molecular weight is 280 g/mol. The molecule has 1 aromatic rings. The molecule has 0 aromatic heterocycles. The summed E-state index contributed by atoms with van der Waals surface area (Å²) in [6, 6.07) is 5.63. The maximum atomic E-state index is 11.7. The van der Waals surface area contributed by atoms with Crippen molar-refractivity contribution in [1.29, 1.82) is 0 Å². The second kappa shape index (κ2) is 8.29. The Morgan fingerprint density at radius 3 is 2.65 bits per heavy atom. The highest BCUT2D eigenvalue weighted by Crippen LogP contribution is 2.15. The van der Waals surface area contributed by atoms with Crippen LogP contribution in [0, 0.1) is 13.8 Å². The second-order valence-corrected chi connectivity index (χ2v) is 4.36. The first-order valence-electron chi connectivity index (χ1n) is 6.39. The summed E-state index contributed by atoms with van der Waals surface area (Å²) in [4.78, 5) is 23.2. The van der Waals surface area contributed by atoms with E-state index in [9.17, 15) is 9.59 Å². The molecular formula is C14H20N2O4. The fourth-order valence-electron chi connectivity index (χ4n) is 1.53. The molecule has 20 heavy (non-hydrogen) atoms. The van der Waals surface area contributed by atoms with Crippen molar-refractivity contribution in [3.8, 4) is 0 Å². The average Bonchev–Trinajstić information content (AvgIpc) is 2.42. The van der Waals surface area contributed by atoms with Crippen molar-refractivity contribution in [2.24, 2.45) is 0 Å². The van der Waals surface area contributed by atoms with E-state index in [0.717, 1.165) is 11.1 Å². The van der Waals surface area contributed by atoms with E-state index in [1.165, 1.54) is 0 Å². The molecule has 0 atom stereocenters. The van der Waals surface area contributed by atoms with Gasteiger partial charge in [-0.2, -0.15) is 0 Å². The van der Waals surface area contributed by atoms with Crippen molar-refractivity contribution in [3.05, 3.63) is 29.3 Å². The first-order chi connectivity index (χ1) is 9.54. The van der Waals surface area contributed by atoms with E-state index in [0.29, 0.717) is 5.69 Å². The van der Waals surface area contributed by atoms with Crippen LogP contribution in [0.1, 0.15) is 11.1 Å². The fraction of sp³-hybridized carbons (Fsp3) is 0.429. The van der Waals surface area contributed by atoms with Crippen LogP contribution < -0.4 is 10.6 Å². The van der Waals surface area contributed by atoms with Gasteiger partial charge in [0.05, 0.1) is 19.8 Å². The molecule has 0 aliphatic carbocycles. The number of nitrogens with one attached hydrogen (secondary N) is 2.